The van der Waals surface area contributed by atoms with E-state index in [9.17, 15) is 4.79 Å². The van der Waals surface area contributed by atoms with Crippen LogP contribution in [0.25, 0.3) is 10.8 Å². The summed E-state index contributed by atoms with van der Waals surface area (Å²) in [6.45, 7) is 4.96. The van der Waals surface area contributed by atoms with Crippen LogP contribution in [0.1, 0.15) is 36.5 Å². The van der Waals surface area contributed by atoms with Crippen LogP contribution in [-0.2, 0) is 0 Å². The summed E-state index contributed by atoms with van der Waals surface area (Å²) in [4.78, 5) is 15.1. The Kier molecular flexibility index (Phi) is 6.43. The molecule has 1 amide bonds. The summed E-state index contributed by atoms with van der Waals surface area (Å²) < 4.78 is 0. The second-order valence-corrected chi connectivity index (χ2v) is 6.06. The van der Waals surface area contributed by atoms with E-state index in [4.69, 9.17) is 0 Å². The van der Waals surface area contributed by atoms with E-state index in [0.29, 0.717) is 6.04 Å². The molecule has 1 N–H and O–H groups in total. The number of fused-ring (bicyclic) bond motifs is 1. The number of rotatable bonds is 5. The summed E-state index contributed by atoms with van der Waals surface area (Å²) in [6.07, 6.45) is 3.24. The number of hydrogen-bond acceptors (Lipinski definition) is 2. The molecule has 1 aliphatic heterocycles. The molecule has 3 rings (SSSR count). The molecule has 1 atom stereocenters. The molecule has 23 heavy (non-hydrogen) atoms. The number of nitrogens with zero attached hydrogens (tertiary/aromatic N) is 1. The van der Waals surface area contributed by atoms with Crippen molar-refractivity contribution in [2.24, 2.45) is 0 Å². The number of benzene rings is 2. The summed E-state index contributed by atoms with van der Waals surface area (Å²) in [5.74, 6) is 0.174. The standard InChI is InChI=1S/C19H24N2O.ClH/c1-2-3-12-21(18-10-11-20-14-18)19(22)17-9-8-15-6-4-5-7-16(15)13-17;/h4-9,13,18,20H,2-3,10-12,14H2,1H3;1H/t18-;/m0./s1. The molecule has 1 heterocycles. The van der Waals surface area contributed by atoms with Gasteiger partial charge in [-0.1, -0.05) is 43.7 Å². The van der Waals surface area contributed by atoms with Crippen LogP contribution in [0.3, 0.4) is 0 Å². The van der Waals surface area contributed by atoms with Crippen molar-refractivity contribution >= 4 is 29.1 Å². The van der Waals surface area contributed by atoms with Crippen molar-refractivity contribution in [3.8, 4) is 0 Å². The maximum absolute atomic E-state index is 13.0. The molecule has 1 aliphatic rings. The molecule has 2 aromatic carbocycles. The zero-order chi connectivity index (χ0) is 15.4. The number of nitrogens with one attached hydrogen (secondary N) is 1. The largest absolute Gasteiger partial charge is 0.334 e. The van der Waals surface area contributed by atoms with E-state index >= 15 is 0 Å². The molecular weight excluding hydrogens is 308 g/mol. The maximum Gasteiger partial charge on any atom is 0.254 e. The van der Waals surface area contributed by atoms with Crippen molar-refractivity contribution in [3.63, 3.8) is 0 Å². The minimum atomic E-state index is 0. The number of halogens is 1. The van der Waals surface area contributed by atoms with Gasteiger partial charge in [0.2, 0.25) is 0 Å². The second kappa shape index (κ2) is 8.32. The molecular formula is C19H25ClN2O. The fourth-order valence-corrected chi connectivity index (χ4v) is 3.17. The summed E-state index contributed by atoms with van der Waals surface area (Å²) in [6, 6.07) is 14.6. The van der Waals surface area contributed by atoms with Gasteiger partial charge in [-0.2, -0.15) is 0 Å². The van der Waals surface area contributed by atoms with Crippen LogP contribution in [0.2, 0.25) is 0 Å². The molecule has 4 heteroatoms. The van der Waals surface area contributed by atoms with Crippen LogP contribution in [0.5, 0.6) is 0 Å². The lowest BCUT2D eigenvalue weighted by molar-refractivity contribution is 0.0689. The van der Waals surface area contributed by atoms with Gasteiger partial charge >= 0.3 is 0 Å². The SMILES string of the molecule is CCCCN(C(=O)c1ccc2ccccc2c1)[C@H]1CCNC1.Cl. The fourth-order valence-electron chi connectivity index (χ4n) is 3.17. The molecule has 1 saturated heterocycles. The quantitative estimate of drug-likeness (QED) is 0.901. The van der Waals surface area contributed by atoms with E-state index in [1.807, 2.05) is 30.3 Å². The van der Waals surface area contributed by atoms with Crippen LogP contribution in [-0.4, -0.2) is 36.5 Å². The highest BCUT2D eigenvalue weighted by molar-refractivity contribution is 5.98. The van der Waals surface area contributed by atoms with Gasteiger partial charge in [-0.25, -0.2) is 0 Å². The molecule has 0 bridgehead atoms. The third-order valence-electron chi connectivity index (χ3n) is 4.48. The molecule has 0 aromatic heterocycles. The number of carbonyl (C=O) groups excluding carboxylic acids is 1. The average molecular weight is 333 g/mol. The van der Waals surface area contributed by atoms with Crippen molar-refractivity contribution < 1.29 is 4.79 Å². The van der Waals surface area contributed by atoms with Gasteiger partial charge in [0.05, 0.1) is 0 Å². The van der Waals surface area contributed by atoms with Crippen molar-refractivity contribution in [2.45, 2.75) is 32.2 Å². The predicted molar refractivity (Wildman–Crippen MR) is 98.4 cm³/mol. The molecule has 0 unspecified atom stereocenters. The lowest BCUT2D eigenvalue weighted by Gasteiger charge is -2.28. The zero-order valence-electron chi connectivity index (χ0n) is 13.6. The average Bonchev–Trinajstić information content (AvgIpc) is 3.09. The van der Waals surface area contributed by atoms with E-state index in [1.165, 1.54) is 5.39 Å². The highest BCUT2D eigenvalue weighted by Gasteiger charge is 2.26. The van der Waals surface area contributed by atoms with Crippen molar-refractivity contribution in [3.05, 3.63) is 48.0 Å². The van der Waals surface area contributed by atoms with Crippen LogP contribution in [0.4, 0.5) is 0 Å². The lowest BCUT2D eigenvalue weighted by atomic mass is 10.0. The summed E-state index contributed by atoms with van der Waals surface area (Å²) in [7, 11) is 0. The van der Waals surface area contributed by atoms with Crippen LogP contribution in [0, 0.1) is 0 Å². The van der Waals surface area contributed by atoms with E-state index < -0.39 is 0 Å². The normalized spacial score (nSPS) is 17.0. The minimum absolute atomic E-state index is 0. The van der Waals surface area contributed by atoms with E-state index in [0.717, 1.165) is 49.8 Å². The van der Waals surface area contributed by atoms with Gasteiger partial charge in [0.1, 0.15) is 0 Å². The van der Waals surface area contributed by atoms with Gasteiger partial charge in [0.15, 0.2) is 0 Å². The van der Waals surface area contributed by atoms with E-state index in [-0.39, 0.29) is 18.3 Å². The maximum atomic E-state index is 13.0. The summed E-state index contributed by atoms with van der Waals surface area (Å²) in [5, 5.41) is 5.69. The third-order valence-corrected chi connectivity index (χ3v) is 4.48. The predicted octanol–water partition coefficient (Wildman–Crippen LogP) is 3.87. The number of hydrogen-bond donors (Lipinski definition) is 1. The highest BCUT2D eigenvalue weighted by Crippen LogP contribution is 2.19. The number of carbonyl (C=O) groups is 1. The first-order chi connectivity index (χ1) is 10.8. The van der Waals surface area contributed by atoms with Crippen LogP contribution < -0.4 is 5.32 Å². The molecule has 0 radical (unpaired) electrons. The lowest BCUT2D eigenvalue weighted by Crippen LogP contribution is -2.42. The molecule has 124 valence electrons. The van der Waals surface area contributed by atoms with Gasteiger partial charge in [-0.15, -0.1) is 12.4 Å². The molecule has 3 nitrogen and oxygen atoms in total. The number of amides is 1. The Balaban J connectivity index is 0.00000192. The summed E-state index contributed by atoms with van der Waals surface area (Å²) >= 11 is 0. The van der Waals surface area contributed by atoms with Gasteiger partial charge in [0, 0.05) is 24.7 Å². The number of unbranched alkanes of at least 4 members (excludes halogenated alkanes) is 1. The molecule has 0 aliphatic carbocycles. The minimum Gasteiger partial charge on any atom is -0.334 e. The first-order valence-corrected chi connectivity index (χ1v) is 8.30. The fraction of sp³-hybridized carbons (Fsp3) is 0.421. The van der Waals surface area contributed by atoms with Crippen molar-refractivity contribution in [1.82, 2.24) is 10.2 Å². The Morgan fingerprint density at radius 3 is 2.70 bits per heavy atom. The summed E-state index contributed by atoms with van der Waals surface area (Å²) in [5.41, 5.74) is 0.807. The highest BCUT2D eigenvalue weighted by atomic mass is 35.5. The third kappa shape index (κ3) is 4.04. The van der Waals surface area contributed by atoms with E-state index in [1.54, 1.807) is 0 Å². The Bertz CT molecular complexity index is 653. The van der Waals surface area contributed by atoms with Crippen LogP contribution in [0.15, 0.2) is 42.5 Å². The Hall–Kier alpha value is -1.58. The second-order valence-electron chi connectivity index (χ2n) is 6.06. The van der Waals surface area contributed by atoms with Gasteiger partial charge in [-0.3, -0.25) is 4.79 Å². The molecule has 1 fully saturated rings. The molecule has 2 aromatic rings. The monoisotopic (exact) mass is 332 g/mol. The van der Waals surface area contributed by atoms with Crippen LogP contribution >= 0.6 is 12.4 Å². The topological polar surface area (TPSA) is 32.3 Å². The van der Waals surface area contributed by atoms with Crippen molar-refractivity contribution in [1.29, 1.82) is 0 Å². The van der Waals surface area contributed by atoms with Gasteiger partial charge in [0.25, 0.3) is 5.91 Å². The first kappa shape index (κ1) is 17.8. The smallest absolute Gasteiger partial charge is 0.254 e. The van der Waals surface area contributed by atoms with E-state index in [2.05, 4.69) is 29.3 Å². The zero-order valence-corrected chi connectivity index (χ0v) is 14.4. The molecule has 0 spiro atoms. The van der Waals surface area contributed by atoms with Crippen molar-refractivity contribution in [2.75, 3.05) is 19.6 Å². The first-order valence-electron chi connectivity index (χ1n) is 8.30. The van der Waals surface area contributed by atoms with Gasteiger partial charge < -0.3 is 10.2 Å². The Morgan fingerprint density at radius 2 is 2.00 bits per heavy atom. The molecule has 0 saturated carbocycles. The van der Waals surface area contributed by atoms with Gasteiger partial charge in [-0.05, 0) is 42.3 Å². The Labute approximate surface area is 144 Å². The Morgan fingerprint density at radius 1 is 1.22 bits per heavy atom.